The summed E-state index contributed by atoms with van der Waals surface area (Å²) in [5.41, 5.74) is -0.311. The molecule has 0 aromatic heterocycles. The Morgan fingerprint density at radius 3 is 2.48 bits per heavy atom. The number of rotatable bonds is 6. The molecule has 1 saturated carbocycles. The van der Waals surface area contributed by atoms with Crippen LogP contribution in [0.3, 0.4) is 0 Å². The minimum atomic E-state index is -0.894. The second-order valence-corrected chi connectivity index (χ2v) is 9.19. The van der Waals surface area contributed by atoms with Gasteiger partial charge in [0.25, 0.3) is 17.1 Å². The Morgan fingerprint density at radius 2 is 1.79 bits per heavy atom. The third-order valence-electron chi connectivity index (χ3n) is 5.95. The maximum atomic E-state index is 13.0. The zero-order chi connectivity index (χ0) is 23.6. The van der Waals surface area contributed by atoms with Crippen molar-refractivity contribution in [3.05, 3.63) is 40.6 Å². The molecule has 11 heteroatoms. The molecule has 6 amide bonds. The van der Waals surface area contributed by atoms with Crippen LogP contribution in [-0.4, -0.2) is 64.0 Å². The van der Waals surface area contributed by atoms with Crippen LogP contribution in [0.25, 0.3) is 6.08 Å². The Kier molecular flexibility index (Phi) is 6.50. The van der Waals surface area contributed by atoms with Crippen LogP contribution >= 0.6 is 11.8 Å². The monoisotopic (exact) mass is 474 g/mol. The number of nitrogens with one attached hydrogen (secondary N) is 2. The van der Waals surface area contributed by atoms with Crippen LogP contribution in [-0.2, 0) is 14.4 Å². The molecule has 1 aliphatic carbocycles. The largest absolute Gasteiger partial charge is 0.353 e. The SMILES string of the molecule is O=C(CN1C(=O)NC2(CCCCC2)C1=O)NCCN1C(=O)SC(=Cc2ccc(F)cc2)C1=O. The molecule has 1 spiro atoms. The van der Waals surface area contributed by atoms with Crippen LogP contribution < -0.4 is 10.6 Å². The van der Waals surface area contributed by atoms with Gasteiger partial charge in [-0.1, -0.05) is 31.4 Å². The van der Waals surface area contributed by atoms with Crippen LogP contribution in [0.1, 0.15) is 37.7 Å². The Balaban J connectivity index is 1.28. The van der Waals surface area contributed by atoms with Gasteiger partial charge in [-0.25, -0.2) is 9.18 Å². The molecule has 3 aliphatic rings. The minimum absolute atomic E-state index is 0.0184. The summed E-state index contributed by atoms with van der Waals surface area (Å²) >= 11 is 0.765. The van der Waals surface area contributed by atoms with Gasteiger partial charge >= 0.3 is 6.03 Å². The maximum absolute atomic E-state index is 13.0. The summed E-state index contributed by atoms with van der Waals surface area (Å²) in [4.78, 5) is 64.2. The van der Waals surface area contributed by atoms with E-state index in [9.17, 15) is 28.4 Å². The fraction of sp³-hybridized carbons (Fsp3) is 0.409. The molecule has 2 heterocycles. The van der Waals surface area contributed by atoms with E-state index in [1.807, 2.05) is 0 Å². The number of nitrogens with zero attached hydrogens (tertiary/aromatic N) is 2. The van der Waals surface area contributed by atoms with E-state index < -0.39 is 41.0 Å². The summed E-state index contributed by atoms with van der Waals surface area (Å²) in [5, 5.41) is 4.82. The number of urea groups is 1. The van der Waals surface area contributed by atoms with Gasteiger partial charge in [0.15, 0.2) is 0 Å². The number of imide groups is 2. The molecular formula is C22H23FN4O5S. The number of hydrogen-bond donors (Lipinski definition) is 2. The summed E-state index contributed by atoms with van der Waals surface area (Å²) in [6.07, 6.45) is 5.35. The Morgan fingerprint density at radius 1 is 1.09 bits per heavy atom. The lowest BCUT2D eigenvalue weighted by Crippen LogP contribution is -2.49. The molecular weight excluding hydrogens is 451 g/mol. The number of amides is 6. The molecule has 9 nitrogen and oxygen atoms in total. The standard InChI is InChI=1S/C22H23FN4O5S/c23-15-6-4-14(5-7-15)12-16-18(29)26(21(32)33-16)11-10-24-17(28)13-27-19(30)22(25-20(27)31)8-2-1-3-9-22/h4-7,12H,1-3,8-11,13H2,(H,24,28)(H,25,31). The van der Waals surface area contributed by atoms with Gasteiger partial charge in [-0.3, -0.25) is 29.0 Å². The van der Waals surface area contributed by atoms with Crippen molar-refractivity contribution in [2.45, 2.75) is 37.6 Å². The lowest BCUT2D eigenvalue weighted by atomic mass is 9.82. The number of thioether (sulfide) groups is 1. The molecule has 1 aromatic carbocycles. The van der Waals surface area contributed by atoms with Gasteiger partial charge in [0, 0.05) is 13.1 Å². The third-order valence-corrected chi connectivity index (χ3v) is 6.86. The quantitative estimate of drug-likeness (QED) is 0.483. The van der Waals surface area contributed by atoms with Gasteiger partial charge in [0.05, 0.1) is 4.91 Å². The highest BCUT2D eigenvalue weighted by atomic mass is 32.2. The number of hydrogen-bond acceptors (Lipinski definition) is 6. The van der Waals surface area contributed by atoms with Crippen LogP contribution in [0.2, 0.25) is 0 Å². The molecule has 2 saturated heterocycles. The minimum Gasteiger partial charge on any atom is -0.353 e. The highest BCUT2D eigenvalue weighted by molar-refractivity contribution is 8.18. The molecule has 0 unspecified atom stereocenters. The fourth-order valence-electron chi connectivity index (χ4n) is 4.22. The molecule has 2 aliphatic heterocycles. The predicted molar refractivity (Wildman–Crippen MR) is 118 cm³/mol. The zero-order valence-electron chi connectivity index (χ0n) is 17.8. The van der Waals surface area contributed by atoms with E-state index in [2.05, 4.69) is 10.6 Å². The first kappa shape index (κ1) is 23.0. The third kappa shape index (κ3) is 4.77. The van der Waals surface area contributed by atoms with E-state index in [0.29, 0.717) is 18.4 Å². The van der Waals surface area contributed by atoms with Gasteiger partial charge in [-0.15, -0.1) is 0 Å². The van der Waals surface area contributed by atoms with Crippen LogP contribution in [0.4, 0.5) is 14.0 Å². The van der Waals surface area contributed by atoms with E-state index >= 15 is 0 Å². The molecule has 1 aromatic rings. The average molecular weight is 475 g/mol. The molecule has 0 bridgehead atoms. The van der Waals surface area contributed by atoms with Gasteiger partial charge < -0.3 is 10.6 Å². The van der Waals surface area contributed by atoms with Crippen molar-refractivity contribution in [2.24, 2.45) is 0 Å². The van der Waals surface area contributed by atoms with Gasteiger partial charge in [0.1, 0.15) is 17.9 Å². The van der Waals surface area contributed by atoms with E-state index in [1.165, 1.54) is 30.3 Å². The number of carbonyl (C=O) groups excluding carboxylic acids is 5. The fourth-order valence-corrected chi connectivity index (χ4v) is 5.09. The number of halogens is 1. The first-order valence-electron chi connectivity index (χ1n) is 10.7. The highest BCUT2D eigenvalue weighted by Gasteiger charge is 2.51. The van der Waals surface area contributed by atoms with E-state index in [0.717, 1.165) is 40.8 Å². The smallest absolute Gasteiger partial charge is 0.325 e. The summed E-state index contributed by atoms with van der Waals surface area (Å²) < 4.78 is 13.0. The molecule has 0 atom stereocenters. The lowest BCUT2D eigenvalue weighted by molar-refractivity contribution is -0.135. The number of carbonyl (C=O) groups is 5. The predicted octanol–water partition coefficient (Wildman–Crippen LogP) is 2.23. The summed E-state index contributed by atoms with van der Waals surface area (Å²) in [6.45, 7) is -0.491. The van der Waals surface area contributed by atoms with E-state index in [1.54, 1.807) is 0 Å². The second-order valence-electron chi connectivity index (χ2n) is 8.20. The first-order chi connectivity index (χ1) is 15.8. The van der Waals surface area contributed by atoms with Crippen LogP contribution in [0, 0.1) is 5.82 Å². The highest BCUT2D eigenvalue weighted by Crippen LogP contribution is 2.34. The summed E-state index contributed by atoms with van der Waals surface area (Å²) in [7, 11) is 0. The van der Waals surface area contributed by atoms with Crippen LogP contribution in [0.15, 0.2) is 29.2 Å². The molecule has 3 fully saturated rings. The van der Waals surface area contributed by atoms with Crippen molar-refractivity contribution in [1.82, 2.24) is 20.4 Å². The van der Waals surface area contributed by atoms with Crippen molar-refractivity contribution in [2.75, 3.05) is 19.6 Å². The van der Waals surface area contributed by atoms with E-state index in [4.69, 9.17) is 0 Å². The second kappa shape index (κ2) is 9.34. The molecule has 2 N–H and O–H groups in total. The average Bonchev–Trinajstić information content (AvgIpc) is 3.17. The maximum Gasteiger partial charge on any atom is 0.325 e. The van der Waals surface area contributed by atoms with Crippen molar-refractivity contribution in [1.29, 1.82) is 0 Å². The van der Waals surface area contributed by atoms with Gasteiger partial charge in [-0.2, -0.15) is 0 Å². The Labute approximate surface area is 193 Å². The Hall–Kier alpha value is -3.21. The normalized spacial score (nSPS) is 21.3. The van der Waals surface area contributed by atoms with Crippen molar-refractivity contribution < 1.29 is 28.4 Å². The van der Waals surface area contributed by atoms with Crippen molar-refractivity contribution in [3.63, 3.8) is 0 Å². The van der Waals surface area contributed by atoms with Crippen LogP contribution in [0.5, 0.6) is 0 Å². The summed E-state index contributed by atoms with van der Waals surface area (Å²) in [6, 6.07) is 4.93. The van der Waals surface area contributed by atoms with Crippen molar-refractivity contribution in [3.8, 4) is 0 Å². The first-order valence-corrected chi connectivity index (χ1v) is 11.5. The van der Waals surface area contributed by atoms with Gasteiger partial charge in [-0.05, 0) is 48.4 Å². The molecule has 174 valence electrons. The number of benzene rings is 1. The van der Waals surface area contributed by atoms with E-state index in [-0.39, 0.29) is 23.9 Å². The Bertz CT molecular complexity index is 1040. The van der Waals surface area contributed by atoms with Gasteiger partial charge in [0.2, 0.25) is 5.91 Å². The molecule has 0 radical (unpaired) electrons. The van der Waals surface area contributed by atoms with Crippen molar-refractivity contribution >= 4 is 46.8 Å². The molecule has 33 heavy (non-hydrogen) atoms. The summed E-state index contributed by atoms with van der Waals surface area (Å²) in [5.74, 6) is -1.84. The topological polar surface area (TPSA) is 116 Å². The molecule has 4 rings (SSSR count). The zero-order valence-corrected chi connectivity index (χ0v) is 18.6. The lowest BCUT2D eigenvalue weighted by Gasteiger charge is -2.30.